The second-order valence-electron chi connectivity index (χ2n) is 12.4. The molecule has 0 bridgehead atoms. The summed E-state index contributed by atoms with van der Waals surface area (Å²) in [6, 6.07) is 27.5. The van der Waals surface area contributed by atoms with Crippen LogP contribution >= 0.6 is 0 Å². The molecule has 1 N–H and O–H groups in total. The number of rotatable bonds is 12. The molecule has 0 spiro atoms. The molecule has 3 aromatic carbocycles. The zero-order valence-electron chi connectivity index (χ0n) is 26.5. The minimum atomic E-state index is -4.42. The van der Waals surface area contributed by atoms with Gasteiger partial charge in [-0.2, -0.15) is 13.2 Å². The summed E-state index contributed by atoms with van der Waals surface area (Å²) in [6.45, 7) is 4.81. The Morgan fingerprint density at radius 2 is 1.55 bits per heavy atom. The molecule has 1 atom stereocenters. The molecule has 0 aliphatic carbocycles. The lowest BCUT2D eigenvalue weighted by Gasteiger charge is -2.34. The van der Waals surface area contributed by atoms with E-state index in [9.17, 15) is 22.8 Å². The highest BCUT2D eigenvalue weighted by Gasteiger charge is 2.32. The van der Waals surface area contributed by atoms with Gasteiger partial charge in [0.1, 0.15) is 6.61 Å². The number of alkyl halides is 3. The van der Waals surface area contributed by atoms with Crippen molar-refractivity contribution in [3.8, 4) is 11.1 Å². The van der Waals surface area contributed by atoms with Crippen molar-refractivity contribution < 1.29 is 27.5 Å². The van der Waals surface area contributed by atoms with Gasteiger partial charge in [-0.25, -0.2) is 0 Å². The van der Waals surface area contributed by atoms with Crippen LogP contribution in [0.5, 0.6) is 0 Å². The van der Waals surface area contributed by atoms with E-state index in [0.717, 1.165) is 63.0 Å². The highest BCUT2D eigenvalue weighted by atomic mass is 19.4. The van der Waals surface area contributed by atoms with Crippen molar-refractivity contribution in [3.63, 3.8) is 0 Å². The number of likely N-dealkylation sites (tertiary alicyclic amines) is 1. The molecule has 47 heavy (non-hydrogen) atoms. The van der Waals surface area contributed by atoms with Gasteiger partial charge in [0.15, 0.2) is 0 Å². The van der Waals surface area contributed by atoms with E-state index in [4.69, 9.17) is 4.74 Å². The fraction of sp³-hybridized carbons (Fsp3) is 0.342. The molecule has 1 fully saturated rings. The van der Waals surface area contributed by atoms with Crippen molar-refractivity contribution >= 4 is 11.9 Å². The van der Waals surface area contributed by atoms with Crippen molar-refractivity contribution in [1.82, 2.24) is 15.2 Å². The van der Waals surface area contributed by atoms with Gasteiger partial charge in [-0.05, 0) is 79.3 Å². The fourth-order valence-electron chi connectivity index (χ4n) is 6.21. The highest BCUT2D eigenvalue weighted by Crippen LogP contribution is 2.34. The number of hydrogen-bond acceptors (Lipinski definition) is 5. The number of ether oxygens (including phenoxy) is 1. The molecule has 9 heteroatoms. The number of halogens is 3. The van der Waals surface area contributed by atoms with Crippen LogP contribution in [0.15, 0.2) is 103 Å². The second kappa shape index (κ2) is 15.4. The van der Waals surface area contributed by atoms with Crippen molar-refractivity contribution in [2.75, 3.05) is 19.6 Å². The van der Waals surface area contributed by atoms with E-state index in [1.165, 1.54) is 12.1 Å². The molecular weight excluding hydrogens is 603 g/mol. The normalized spacial score (nSPS) is 15.5. The van der Waals surface area contributed by atoms with Crippen LogP contribution in [0.1, 0.15) is 66.2 Å². The standard InChI is InChI=1S/C38H40F3N3O3/c1-37(29-10-3-2-4-11-29,26-35(45)47-27-32-12-7-8-22-42-32)21-9-23-44-24-19-31(20-25-44)43-36(46)34-14-6-5-13-33(34)28-15-17-30(18-16-28)38(39,40)41/h2-8,10-18,22,31H,9,19-21,23-27H2,1H3,(H,43,46). The number of carbonyl (C=O) groups excluding carboxylic acids is 2. The van der Waals surface area contributed by atoms with Crippen molar-refractivity contribution in [1.29, 1.82) is 0 Å². The molecule has 2 heterocycles. The van der Waals surface area contributed by atoms with Crippen LogP contribution in [0, 0.1) is 0 Å². The van der Waals surface area contributed by atoms with Crippen LogP contribution in [-0.4, -0.2) is 47.4 Å². The van der Waals surface area contributed by atoms with E-state index in [1.54, 1.807) is 30.5 Å². The Hall–Kier alpha value is -4.50. The number of aromatic nitrogens is 1. The predicted molar refractivity (Wildman–Crippen MR) is 175 cm³/mol. The molecule has 246 valence electrons. The third kappa shape index (κ3) is 9.29. The third-order valence-electron chi connectivity index (χ3n) is 8.93. The first-order chi connectivity index (χ1) is 22.6. The Kier molecular flexibility index (Phi) is 11.1. The Labute approximate surface area is 274 Å². The summed E-state index contributed by atoms with van der Waals surface area (Å²) in [5, 5.41) is 3.15. The molecule has 1 amide bonds. The molecule has 0 radical (unpaired) electrons. The Bertz CT molecular complexity index is 1610. The van der Waals surface area contributed by atoms with Gasteiger partial charge in [0.25, 0.3) is 5.91 Å². The van der Waals surface area contributed by atoms with Crippen LogP contribution in [0.3, 0.4) is 0 Å². The first-order valence-corrected chi connectivity index (χ1v) is 16.0. The first kappa shape index (κ1) is 33.9. The summed E-state index contributed by atoms with van der Waals surface area (Å²) < 4.78 is 44.7. The Morgan fingerprint density at radius 1 is 0.872 bits per heavy atom. The number of carbonyl (C=O) groups is 2. The summed E-state index contributed by atoms with van der Waals surface area (Å²) in [4.78, 5) is 32.8. The van der Waals surface area contributed by atoms with E-state index in [-0.39, 0.29) is 36.4 Å². The summed E-state index contributed by atoms with van der Waals surface area (Å²) >= 11 is 0. The maximum absolute atomic E-state index is 13.3. The SMILES string of the molecule is CC(CCCN1CCC(NC(=O)c2ccccc2-c2ccc(C(F)(F)F)cc2)CC1)(CC(=O)OCc1ccccn1)c1ccccc1. The fourth-order valence-corrected chi connectivity index (χ4v) is 6.21. The van der Waals surface area contributed by atoms with Gasteiger partial charge in [0.2, 0.25) is 0 Å². The van der Waals surface area contributed by atoms with E-state index in [2.05, 4.69) is 34.3 Å². The third-order valence-corrected chi connectivity index (χ3v) is 8.93. The van der Waals surface area contributed by atoms with Crippen LogP contribution in [0.25, 0.3) is 11.1 Å². The lowest BCUT2D eigenvalue weighted by Crippen LogP contribution is -2.45. The minimum absolute atomic E-state index is 0.00266. The largest absolute Gasteiger partial charge is 0.459 e. The second-order valence-corrected chi connectivity index (χ2v) is 12.4. The smallest absolute Gasteiger partial charge is 0.416 e. The molecule has 1 saturated heterocycles. The monoisotopic (exact) mass is 643 g/mol. The molecule has 1 aromatic heterocycles. The number of hydrogen-bond donors (Lipinski definition) is 1. The van der Waals surface area contributed by atoms with Gasteiger partial charge in [-0.3, -0.25) is 14.6 Å². The summed E-state index contributed by atoms with van der Waals surface area (Å²) in [5.74, 6) is -0.481. The van der Waals surface area contributed by atoms with E-state index in [1.807, 2.05) is 36.4 Å². The Balaban J connectivity index is 1.12. The molecule has 5 rings (SSSR count). The van der Waals surface area contributed by atoms with Gasteiger partial charge in [-0.1, -0.05) is 73.7 Å². The molecule has 4 aromatic rings. The molecular formula is C38H40F3N3O3. The predicted octanol–water partition coefficient (Wildman–Crippen LogP) is 7.83. The summed E-state index contributed by atoms with van der Waals surface area (Å²) in [7, 11) is 0. The number of benzene rings is 3. The molecule has 1 aliphatic heterocycles. The highest BCUT2D eigenvalue weighted by molar-refractivity contribution is 6.01. The minimum Gasteiger partial charge on any atom is -0.459 e. The average Bonchev–Trinajstić information content (AvgIpc) is 3.08. The number of nitrogens with zero attached hydrogens (tertiary/aromatic N) is 2. The van der Waals surface area contributed by atoms with Crippen LogP contribution < -0.4 is 5.32 Å². The van der Waals surface area contributed by atoms with Gasteiger partial charge in [0, 0.05) is 36.3 Å². The molecule has 1 aliphatic rings. The lowest BCUT2D eigenvalue weighted by molar-refractivity contribution is -0.146. The summed E-state index contributed by atoms with van der Waals surface area (Å²) in [6.07, 6.45) is 0.837. The maximum atomic E-state index is 13.3. The van der Waals surface area contributed by atoms with Gasteiger partial charge in [0.05, 0.1) is 17.7 Å². The topological polar surface area (TPSA) is 71.5 Å². The number of esters is 1. The van der Waals surface area contributed by atoms with Crippen LogP contribution in [0.2, 0.25) is 0 Å². The molecule has 0 saturated carbocycles. The quantitative estimate of drug-likeness (QED) is 0.159. The maximum Gasteiger partial charge on any atom is 0.416 e. The zero-order chi connectivity index (χ0) is 33.3. The lowest BCUT2D eigenvalue weighted by atomic mass is 9.76. The molecule has 1 unspecified atom stereocenters. The van der Waals surface area contributed by atoms with Crippen molar-refractivity contribution in [2.24, 2.45) is 0 Å². The van der Waals surface area contributed by atoms with Gasteiger partial charge < -0.3 is 15.0 Å². The van der Waals surface area contributed by atoms with Crippen molar-refractivity contribution in [2.45, 2.75) is 63.3 Å². The van der Waals surface area contributed by atoms with Crippen LogP contribution in [-0.2, 0) is 27.7 Å². The number of nitrogens with one attached hydrogen (secondary N) is 1. The van der Waals surface area contributed by atoms with Crippen molar-refractivity contribution in [3.05, 3.63) is 126 Å². The zero-order valence-corrected chi connectivity index (χ0v) is 26.5. The average molecular weight is 644 g/mol. The van der Waals surface area contributed by atoms with E-state index < -0.39 is 11.7 Å². The van der Waals surface area contributed by atoms with Crippen LogP contribution in [0.4, 0.5) is 13.2 Å². The summed E-state index contributed by atoms with van der Waals surface area (Å²) in [5.41, 5.74) is 2.31. The first-order valence-electron chi connectivity index (χ1n) is 16.0. The Morgan fingerprint density at radius 3 is 2.23 bits per heavy atom. The number of pyridine rings is 1. The van der Waals surface area contributed by atoms with Gasteiger partial charge in [-0.15, -0.1) is 0 Å². The number of amides is 1. The van der Waals surface area contributed by atoms with E-state index in [0.29, 0.717) is 22.4 Å². The van der Waals surface area contributed by atoms with Gasteiger partial charge >= 0.3 is 12.1 Å². The van der Waals surface area contributed by atoms with E-state index >= 15 is 0 Å². The molecule has 6 nitrogen and oxygen atoms in total. The number of piperidine rings is 1.